The van der Waals surface area contributed by atoms with E-state index in [1.54, 1.807) is 0 Å². The molecular weight excluding hydrogens is 286 g/mol. The van der Waals surface area contributed by atoms with Crippen LogP contribution in [-0.2, 0) is 0 Å². The third-order valence-electron chi connectivity index (χ3n) is 2.15. The van der Waals surface area contributed by atoms with Crippen molar-refractivity contribution in [2.45, 2.75) is 6.92 Å². The molecule has 0 radical (unpaired) electrons. The molecule has 1 rings (SSSR count). The van der Waals surface area contributed by atoms with Crippen molar-refractivity contribution in [3.63, 3.8) is 0 Å². The Kier molecular flexibility index (Phi) is 3.62. The monoisotopic (exact) mass is 300 g/mol. The quantitative estimate of drug-likeness (QED) is 0.753. The third kappa shape index (κ3) is 2.18. The van der Waals surface area contributed by atoms with E-state index in [-0.39, 0.29) is 0 Å². The molecule has 0 aliphatic carbocycles. The standard InChI is InChI=1S/C7H7.2C2H3.ClH.Sn/c1-7-5-3-2-4-6-7;2*1-2;;/h2-5H,1H3;2*1H,2H2;1H;/q;;;;+1/p-1. The van der Waals surface area contributed by atoms with E-state index in [2.05, 4.69) is 32.2 Å². The van der Waals surface area contributed by atoms with Crippen LogP contribution in [0.4, 0.5) is 0 Å². The molecule has 2 heteroatoms. The fourth-order valence-corrected chi connectivity index (χ4v) is 7.43. The van der Waals surface area contributed by atoms with Crippen molar-refractivity contribution >= 4 is 29.8 Å². The van der Waals surface area contributed by atoms with Gasteiger partial charge in [0.15, 0.2) is 0 Å². The van der Waals surface area contributed by atoms with Crippen molar-refractivity contribution in [1.29, 1.82) is 0 Å². The molecule has 0 nitrogen and oxygen atoms in total. The number of hydrogen-bond donors (Lipinski definition) is 0. The predicted octanol–water partition coefficient (Wildman–Crippen LogP) is 2.84. The van der Waals surface area contributed by atoms with E-state index in [1.165, 1.54) is 9.14 Å². The Balaban J connectivity index is 3.27. The van der Waals surface area contributed by atoms with E-state index in [9.17, 15) is 0 Å². The Morgan fingerprint density at radius 3 is 2.23 bits per heavy atom. The Morgan fingerprint density at radius 2 is 1.77 bits per heavy atom. The van der Waals surface area contributed by atoms with Crippen LogP contribution in [0.2, 0.25) is 0 Å². The van der Waals surface area contributed by atoms with E-state index < -0.39 is 17.3 Å². The van der Waals surface area contributed by atoms with Gasteiger partial charge in [0.25, 0.3) is 0 Å². The molecule has 68 valence electrons. The molecule has 0 heterocycles. The fraction of sp³-hybridized carbons (Fsp3) is 0.0909. The van der Waals surface area contributed by atoms with Gasteiger partial charge in [-0.2, -0.15) is 0 Å². The van der Waals surface area contributed by atoms with Crippen molar-refractivity contribution in [3.8, 4) is 0 Å². The van der Waals surface area contributed by atoms with Gasteiger partial charge in [0, 0.05) is 0 Å². The number of benzene rings is 1. The molecule has 0 aromatic heterocycles. The number of aryl methyl sites for hydroxylation is 1. The summed E-state index contributed by atoms with van der Waals surface area (Å²) in [7, 11) is 6.51. The molecule has 0 unspecified atom stereocenters. The maximum atomic E-state index is 6.51. The molecule has 1 aromatic rings. The zero-order valence-electron chi connectivity index (χ0n) is 7.76. The van der Waals surface area contributed by atoms with E-state index in [4.69, 9.17) is 8.92 Å². The first-order valence-corrected chi connectivity index (χ1v) is 12.5. The zero-order valence-corrected chi connectivity index (χ0v) is 11.4. The van der Waals surface area contributed by atoms with Gasteiger partial charge < -0.3 is 0 Å². The summed E-state index contributed by atoms with van der Waals surface area (Å²) in [5, 5.41) is 0. The summed E-state index contributed by atoms with van der Waals surface area (Å²) < 4.78 is 5.07. The average molecular weight is 299 g/mol. The summed E-state index contributed by atoms with van der Waals surface area (Å²) in [6.45, 7) is 9.70. The molecule has 0 saturated heterocycles. The third-order valence-corrected chi connectivity index (χ3v) is 12.9. The molecule has 0 fully saturated rings. The Bertz CT molecular complexity index is 323. The van der Waals surface area contributed by atoms with Crippen LogP contribution in [0.1, 0.15) is 5.56 Å². The summed E-state index contributed by atoms with van der Waals surface area (Å²) in [5.74, 6) is 0. The summed E-state index contributed by atoms with van der Waals surface area (Å²) in [5.41, 5.74) is 1.24. The van der Waals surface area contributed by atoms with Crippen LogP contribution in [0.5, 0.6) is 0 Å². The molecular formula is C11H13ClSn. The molecule has 0 bridgehead atoms. The van der Waals surface area contributed by atoms with Crippen molar-refractivity contribution in [2.75, 3.05) is 0 Å². The first-order valence-electron chi connectivity index (χ1n) is 4.16. The normalized spacial score (nSPS) is 10.9. The van der Waals surface area contributed by atoms with Gasteiger partial charge in [0.1, 0.15) is 0 Å². The Morgan fingerprint density at radius 1 is 1.23 bits per heavy atom. The second-order valence-electron chi connectivity index (χ2n) is 2.99. The molecule has 0 amide bonds. The second-order valence-corrected chi connectivity index (χ2v) is 15.4. The van der Waals surface area contributed by atoms with Gasteiger partial charge >= 0.3 is 87.8 Å². The predicted molar refractivity (Wildman–Crippen MR) is 62.8 cm³/mol. The van der Waals surface area contributed by atoms with Crippen LogP contribution in [-0.4, -0.2) is 17.3 Å². The van der Waals surface area contributed by atoms with E-state index >= 15 is 0 Å². The van der Waals surface area contributed by atoms with Crippen molar-refractivity contribution in [2.24, 2.45) is 0 Å². The fourth-order valence-electron chi connectivity index (χ4n) is 1.31. The van der Waals surface area contributed by atoms with E-state index in [1.807, 2.05) is 20.3 Å². The summed E-state index contributed by atoms with van der Waals surface area (Å²) >= 11 is -2.88. The van der Waals surface area contributed by atoms with Gasteiger partial charge in [-0.3, -0.25) is 0 Å². The minimum atomic E-state index is -2.88. The van der Waals surface area contributed by atoms with Gasteiger partial charge in [0.05, 0.1) is 0 Å². The molecule has 1 aromatic carbocycles. The van der Waals surface area contributed by atoms with Crippen molar-refractivity contribution in [3.05, 3.63) is 51.2 Å². The molecule has 0 spiro atoms. The van der Waals surface area contributed by atoms with E-state index in [0.717, 1.165) is 0 Å². The van der Waals surface area contributed by atoms with Crippen molar-refractivity contribution < 1.29 is 0 Å². The van der Waals surface area contributed by atoms with Gasteiger partial charge in [-0.15, -0.1) is 0 Å². The molecule has 0 aliphatic heterocycles. The topological polar surface area (TPSA) is 0 Å². The first kappa shape index (κ1) is 10.9. The van der Waals surface area contributed by atoms with Crippen LogP contribution >= 0.6 is 8.92 Å². The molecule has 0 N–H and O–H groups in total. The maximum absolute atomic E-state index is 6.51. The summed E-state index contributed by atoms with van der Waals surface area (Å²) in [6.07, 6.45) is 0. The van der Waals surface area contributed by atoms with Crippen LogP contribution in [0.15, 0.2) is 45.6 Å². The van der Waals surface area contributed by atoms with Crippen molar-refractivity contribution in [1.82, 2.24) is 0 Å². The van der Waals surface area contributed by atoms with Gasteiger partial charge in [0.2, 0.25) is 0 Å². The van der Waals surface area contributed by atoms with Gasteiger partial charge in [-0.25, -0.2) is 0 Å². The first-order chi connectivity index (χ1) is 6.14. The number of rotatable bonds is 3. The number of halogens is 1. The molecule has 13 heavy (non-hydrogen) atoms. The SMILES string of the molecule is C=[CH][Sn]([Cl])([CH]=C)[c]1ccccc1C. The Hall–Kier alpha value is -0.211. The van der Waals surface area contributed by atoms with Gasteiger partial charge in [-0.05, 0) is 0 Å². The van der Waals surface area contributed by atoms with Crippen LogP contribution in [0.3, 0.4) is 0 Å². The molecule has 0 aliphatic rings. The average Bonchev–Trinajstić information content (AvgIpc) is 2.17. The summed E-state index contributed by atoms with van der Waals surface area (Å²) in [6, 6.07) is 8.20. The van der Waals surface area contributed by atoms with Crippen LogP contribution in [0.25, 0.3) is 0 Å². The van der Waals surface area contributed by atoms with Crippen LogP contribution in [0, 0.1) is 6.92 Å². The zero-order chi connectivity index (χ0) is 9.90. The molecule has 0 atom stereocenters. The summed E-state index contributed by atoms with van der Waals surface area (Å²) in [4.78, 5) is 0. The van der Waals surface area contributed by atoms with Gasteiger partial charge in [-0.1, -0.05) is 0 Å². The number of hydrogen-bond acceptors (Lipinski definition) is 0. The molecule has 0 saturated carbocycles. The minimum absolute atomic E-state index is 1.24. The van der Waals surface area contributed by atoms with Crippen LogP contribution < -0.4 is 3.58 Å². The second kappa shape index (κ2) is 4.34. The van der Waals surface area contributed by atoms with E-state index in [0.29, 0.717) is 0 Å². The Labute approximate surface area is 87.5 Å².